The second kappa shape index (κ2) is 7.96. The minimum absolute atomic E-state index is 0.231. The van der Waals surface area contributed by atoms with Gasteiger partial charge in [0.05, 0.1) is 0 Å². The molecular formula is C28H21NO2. The van der Waals surface area contributed by atoms with Gasteiger partial charge < -0.3 is 9.52 Å². The maximum absolute atomic E-state index is 10.0. The topological polar surface area (TPSA) is 46.3 Å². The van der Waals surface area contributed by atoms with Crippen molar-refractivity contribution >= 4 is 0 Å². The van der Waals surface area contributed by atoms with E-state index in [0.29, 0.717) is 5.89 Å². The highest BCUT2D eigenvalue weighted by atomic mass is 16.4. The Labute approximate surface area is 181 Å². The van der Waals surface area contributed by atoms with Crippen LogP contribution >= 0.6 is 0 Å². The van der Waals surface area contributed by atoms with Crippen molar-refractivity contribution in [2.45, 2.75) is 6.92 Å². The van der Waals surface area contributed by atoms with Crippen LogP contribution in [0.15, 0.2) is 108 Å². The molecule has 1 N–H and O–H groups in total. The first-order valence-electron chi connectivity index (χ1n) is 10.2. The van der Waals surface area contributed by atoms with Gasteiger partial charge in [0.1, 0.15) is 11.4 Å². The number of phenols is 1. The molecule has 0 aliphatic heterocycles. The van der Waals surface area contributed by atoms with E-state index in [1.807, 2.05) is 84.9 Å². The minimum atomic E-state index is 0.231. The van der Waals surface area contributed by atoms with Gasteiger partial charge in [-0.3, -0.25) is 0 Å². The number of nitrogens with zero attached hydrogens (tertiary/aromatic N) is 1. The number of rotatable bonds is 4. The zero-order valence-electron chi connectivity index (χ0n) is 17.1. The molecule has 5 aromatic rings. The normalized spacial score (nSPS) is 10.9. The average molecular weight is 403 g/mol. The van der Waals surface area contributed by atoms with E-state index in [2.05, 4.69) is 13.0 Å². The monoisotopic (exact) mass is 403 g/mol. The van der Waals surface area contributed by atoms with E-state index < -0.39 is 0 Å². The van der Waals surface area contributed by atoms with E-state index in [1.54, 1.807) is 12.1 Å². The molecule has 31 heavy (non-hydrogen) atoms. The van der Waals surface area contributed by atoms with Gasteiger partial charge in [0, 0.05) is 16.7 Å². The first kappa shape index (κ1) is 18.9. The molecule has 4 aromatic carbocycles. The summed E-state index contributed by atoms with van der Waals surface area (Å²) >= 11 is 0. The van der Waals surface area contributed by atoms with Gasteiger partial charge in [0.15, 0.2) is 5.76 Å². The van der Waals surface area contributed by atoms with Gasteiger partial charge in [-0.2, -0.15) is 0 Å². The maximum Gasteiger partial charge on any atom is 0.228 e. The van der Waals surface area contributed by atoms with Crippen LogP contribution in [0.4, 0.5) is 0 Å². The lowest BCUT2D eigenvalue weighted by molar-refractivity contribution is 0.475. The van der Waals surface area contributed by atoms with Crippen molar-refractivity contribution in [1.82, 2.24) is 4.98 Å². The quantitative estimate of drug-likeness (QED) is 0.341. The molecule has 0 atom stereocenters. The van der Waals surface area contributed by atoms with Crippen LogP contribution in [0.3, 0.4) is 0 Å². The van der Waals surface area contributed by atoms with E-state index in [9.17, 15) is 5.11 Å². The third kappa shape index (κ3) is 3.62. The molecule has 5 rings (SSSR count). The van der Waals surface area contributed by atoms with Crippen molar-refractivity contribution in [2.24, 2.45) is 0 Å². The highest BCUT2D eigenvalue weighted by molar-refractivity contribution is 5.86. The molecule has 3 nitrogen and oxygen atoms in total. The number of phenolic OH excluding ortho intramolecular Hbond substituents is 1. The fourth-order valence-electron chi connectivity index (χ4n) is 3.90. The Morgan fingerprint density at radius 2 is 1.32 bits per heavy atom. The Balaban J connectivity index is 1.75. The van der Waals surface area contributed by atoms with Crippen LogP contribution < -0.4 is 0 Å². The lowest BCUT2D eigenvalue weighted by Crippen LogP contribution is -1.89. The molecule has 0 saturated heterocycles. The lowest BCUT2D eigenvalue weighted by atomic mass is 9.95. The maximum atomic E-state index is 10.0. The van der Waals surface area contributed by atoms with Gasteiger partial charge in [-0.25, -0.2) is 4.98 Å². The summed E-state index contributed by atoms with van der Waals surface area (Å²) in [4.78, 5) is 4.95. The molecule has 0 aliphatic rings. The van der Waals surface area contributed by atoms with Gasteiger partial charge >= 0.3 is 0 Å². The molecule has 0 saturated carbocycles. The van der Waals surface area contributed by atoms with Crippen LogP contribution in [0.5, 0.6) is 5.75 Å². The molecule has 0 bridgehead atoms. The van der Waals surface area contributed by atoms with Crippen molar-refractivity contribution in [3.63, 3.8) is 0 Å². The predicted molar refractivity (Wildman–Crippen MR) is 125 cm³/mol. The highest BCUT2D eigenvalue weighted by Crippen LogP contribution is 2.40. The third-order valence-corrected chi connectivity index (χ3v) is 5.35. The average Bonchev–Trinajstić information content (AvgIpc) is 3.25. The van der Waals surface area contributed by atoms with E-state index in [1.165, 1.54) is 0 Å². The third-order valence-electron chi connectivity index (χ3n) is 5.35. The second-order valence-electron chi connectivity index (χ2n) is 7.48. The summed E-state index contributed by atoms with van der Waals surface area (Å²) < 4.78 is 6.42. The first-order valence-corrected chi connectivity index (χ1v) is 10.2. The molecule has 1 aromatic heterocycles. The summed E-state index contributed by atoms with van der Waals surface area (Å²) in [6.07, 6.45) is 0. The molecule has 0 radical (unpaired) electrons. The number of hydrogen-bond donors (Lipinski definition) is 1. The first-order chi connectivity index (χ1) is 15.2. The van der Waals surface area contributed by atoms with Crippen molar-refractivity contribution in [2.75, 3.05) is 0 Å². The molecule has 0 spiro atoms. The van der Waals surface area contributed by atoms with Crippen molar-refractivity contribution < 1.29 is 9.52 Å². The van der Waals surface area contributed by atoms with E-state index in [-0.39, 0.29) is 5.75 Å². The van der Waals surface area contributed by atoms with E-state index >= 15 is 0 Å². The number of aromatic hydroxyl groups is 1. The fraction of sp³-hybridized carbons (Fsp3) is 0.0357. The van der Waals surface area contributed by atoms with Crippen molar-refractivity contribution in [3.8, 4) is 50.9 Å². The van der Waals surface area contributed by atoms with Crippen LogP contribution in [0.2, 0.25) is 0 Å². The molecule has 0 aliphatic carbocycles. The van der Waals surface area contributed by atoms with Crippen LogP contribution in [-0.2, 0) is 0 Å². The zero-order valence-corrected chi connectivity index (χ0v) is 17.1. The number of oxazole rings is 1. The number of aromatic nitrogens is 1. The van der Waals surface area contributed by atoms with Crippen LogP contribution in [-0.4, -0.2) is 10.1 Å². The van der Waals surface area contributed by atoms with Crippen LogP contribution in [0.25, 0.3) is 45.2 Å². The molecule has 3 heteroatoms. The van der Waals surface area contributed by atoms with Gasteiger partial charge in [0.2, 0.25) is 5.89 Å². The molecule has 0 unspecified atom stereocenters. The van der Waals surface area contributed by atoms with E-state index in [0.717, 1.165) is 44.8 Å². The minimum Gasteiger partial charge on any atom is -0.508 e. The highest BCUT2D eigenvalue weighted by Gasteiger charge is 2.21. The summed E-state index contributed by atoms with van der Waals surface area (Å²) in [5.41, 5.74) is 6.70. The summed E-state index contributed by atoms with van der Waals surface area (Å²) in [5.74, 6) is 1.53. The number of aryl methyl sites for hydroxylation is 1. The van der Waals surface area contributed by atoms with Gasteiger partial charge in [0.25, 0.3) is 0 Å². The second-order valence-corrected chi connectivity index (χ2v) is 7.48. The Morgan fingerprint density at radius 3 is 2.03 bits per heavy atom. The molecule has 1 heterocycles. The van der Waals surface area contributed by atoms with Crippen LogP contribution in [0.1, 0.15) is 5.56 Å². The van der Waals surface area contributed by atoms with Crippen LogP contribution in [0, 0.1) is 6.92 Å². The summed E-state index contributed by atoms with van der Waals surface area (Å²) in [5, 5.41) is 10.0. The molecular weight excluding hydrogens is 382 g/mol. The Hall–Kier alpha value is -4.11. The Kier molecular flexibility index (Phi) is 4.85. The molecule has 150 valence electrons. The Morgan fingerprint density at radius 1 is 0.677 bits per heavy atom. The zero-order chi connectivity index (χ0) is 21.2. The fourth-order valence-corrected chi connectivity index (χ4v) is 3.90. The lowest BCUT2D eigenvalue weighted by Gasteiger charge is -2.11. The van der Waals surface area contributed by atoms with E-state index in [4.69, 9.17) is 9.40 Å². The summed E-state index contributed by atoms with van der Waals surface area (Å²) in [6, 6.07) is 33.5. The standard InChI is InChI=1S/C28H21NO2/c1-19-10-8-17-24(25(19)22-15-9-16-23(30)18-22)28-29-26(20-11-4-2-5-12-20)27(31-28)21-13-6-3-7-14-21/h2-18,30H,1H3. The molecule has 0 fully saturated rings. The Bertz CT molecular complexity index is 1280. The summed E-state index contributed by atoms with van der Waals surface area (Å²) in [7, 11) is 0. The largest absolute Gasteiger partial charge is 0.508 e. The molecule has 0 amide bonds. The van der Waals surface area contributed by atoms with Gasteiger partial charge in [-0.05, 0) is 41.8 Å². The van der Waals surface area contributed by atoms with Gasteiger partial charge in [-0.15, -0.1) is 0 Å². The number of benzene rings is 4. The predicted octanol–water partition coefficient (Wildman–Crippen LogP) is 7.36. The van der Waals surface area contributed by atoms with Crippen molar-refractivity contribution in [3.05, 3.63) is 109 Å². The van der Waals surface area contributed by atoms with Crippen molar-refractivity contribution in [1.29, 1.82) is 0 Å². The number of hydrogen-bond acceptors (Lipinski definition) is 3. The SMILES string of the molecule is Cc1cccc(-c2nc(-c3ccccc3)c(-c3ccccc3)o2)c1-c1cccc(O)c1. The van der Waals surface area contributed by atoms with Gasteiger partial charge in [-0.1, -0.05) is 84.9 Å². The smallest absolute Gasteiger partial charge is 0.228 e. The summed E-state index contributed by atoms with van der Waals surface area (Å²) in [6.45, 7) is 2.06.